The van der Waals surface area contributed by atoms with Gasteiger partial charge in [-0.25, -0.2) is 0 Å². The molecule has 0 bridgehead atoms. The highest BCUT2D eigenvalue weighted by atomic mass is 16.3. The number of ketones is 3. The van der Waals surface area contributed by atoms with Crippen LogP contribution in [0.1, 0.15) is 71.7 Å². The summed E-state index contributed by atoms with van der Waals surface area (Å²) in [6, 6.07) is 16.9. The average Bonchev–Trinajstić information content (AvgIpc) is 2.79. The molecule has 2 aromatic carbocycles. The van der Waals surface area contributed by atoms with Gasteiger partial charge in [-0.3, -0.25) is 14.4 Å². The van der Waals surface area contributed by atoms with Crippen molar-refractivity contribution in [2.45, 2.75) is 51.9 Å². The van der Waals surface area contributed by atoms with E-state index < -0.39 is 0 Å². The zero-order valence-corrected chi connectivity index (χ0v) is 18.1. The van der Waals surface area contributed by atoms with E-state index in [4.69, 9.17) is 0 Å². The lowest BCUT2D eigenvalue weighted by atomic mass is 9.82. The number of fused-ring (bicyclic) bond motifs is 1. The minimum atomic E-state index is -0.0613. The van der Waals surface area contributed by atoms with E-state index in [1.54, 1.807) is 31.2 Å². The van der Waals surface area contributed by atoms with Gasteiger partial charge in [-0.2, -0.15) is 0 Å². The number of benzene rings is 2. The van der Waals surface area contributed by atoms with Crippen molar-refractivity contribution in [3.63, 3.8) is 0 Å². The molecule has 2 aromatic rings. The molecule has 0 aromatic heterocycles. The number of allylic oxidation sites excluding steroid dienone is 2. The van der Waals surface area contributed by atoms with Crippen LogP contribution in [0.15, 0.2) is 65.7 Å². The number of aliphatic hydroxyl groups is 1. The van der Waals surface area contributed by atoms with Gasteiger partial charge < -0.3 is 5.11 Å². The molecule has 0 unspecified atom stereocenters. The van der Waals surface area contributed by atoms with Crippen LogP contribution in [0.4, 0.5) is 0 Å². The third-order valence-corrected chi connectivity index (χ3v) is 6.01. The van der Waals surface area contributed by atoms with Gasteiger partial charge in [0.25, 0.3) is 0 Å². The largest absolute Gasteiger partial charge is 0.396 e. The molecule has 1 aliphatic carbocycles. The first-order chi connectivity index (χ1) is 15.0. The number of Topliss-reactive ketones (excluding diaryl/α,β-unsaturated/α-hetero) is 3. The van der Waals surface area contributed by atoms with Crippen molar-refractivity contribution in [1.29, 1.82) is 0 Å². The molecule has 0 spiro atoms. The molecule has 0 saturated carbocycles. The number of rotatable bonds is 11. The van der Waals surface area contributed by atoms with Gasteiger partial charge in [-0.15, -0.1) is 0 Å². The van der Waals surface area contributed by atoms with Gasteiger partial charge in [0.1, 0.15) is 5.78 Å². The number of unbranched alkanes of at least 4 members (excludes halogenated alkanes) is 2. The van der Waals surface area contributed by atoms with E-state index in [9.17, 15) is 19.5 Å². The van der Waals surface area contributed by atoms with Crippen molar-refractivity contribution in [2.24, 2.45) is 5.92 Å². The first-order valence-corrected chi connectivity index (χ1v) is 11.1. The highest BCUT2D eigenvalue weighted by molar-refractivity contribution is 6.26. The molecule has 4 heteroatoms. The van der Waals surface area contributed by atoms with Crippen molar-refractivity contribution in [3.8, 4) is 0 Å². The predicted octanol–water partition coefficient (Wildman–Crippen LogP) is 5.14. The summed E-state index contributed by atoms with van der Waals surface area (Å²) in [6.45, 7) is 1.74. The van der Waals surface area contributed by atoms with Gasteiger partial charge in [0, 0.05) is 41.7 Å². The van der Waals surface area contributed by atoms with Crippen LogP contribution in [0.25, 0.3) is 0 Å². The molecule has 0 saturated heterocycles. The van der Waals surface area contributed by atoms with Crippen LogP contribution in [-0.2, 0) is 11.2 Å². The first kappa shape index (κ1) is 22.8. The monoisotopic (exact) mass is 418 g/mol. The molecule has 31 heavy (non-hydrogen) atoms. The van der Waals surface area contributed by atoms with Gasteiger partial charge in [-0.1, -0.05) is 61.0 Å². The molecule has 0 amide bonds. The fraction of sp³-hybridized carbons (Fsp3) is 0.370. The number of carbonyl (C=O) groups is 3. The van der Waals surface area contributed by atoms with Crippen molar-refractivity contribution in [2.75, 3.05) is 6.61 Å². The Morgan fingerprint density at radius 3 is 2.19 bits per heavy atom. The van der Waals surface area contributed by atoms with E-state index in [0.717, 1.165) is 24.8 Å². The van der Waals surface area contributed by atoms with E-state index in [1.165, 1.54) is 0 Å². The lowest BCUT2D eigenvalue weighted by Gasteiger charge is -2.19. The van der Waals surface area contributed by atoms with E-state index >= 15 is 0 Å². The third-order valence-electron chi connectivity index (χ3n) is 6.01. The highest BCUT2D eigenvalue weighted by Crippen LogP contribution is 2.29. The summed E-state index contributed by atoms with van der Waals surface area (Å²) in [5.74, 6) is 0.0150. The Balaban J connectivity index is 1.43. The molecule has 0 heterocycles. The second kappa shape index (κ2) is 11.0. The first-order valence-electron chi connectivity index (χ1n) is 11.1. The summed E-state index contributed by atoms with van der Waals surface area (Å²) in [5.41, 5.74) is 3.28. The Morgan fingerprint density at radius 2 is 1.52 bits per heavy atom. The second-order valence-corrected chi connectivity index (χ2v) is 8.35. The minimum absolute atomic E-state index is 0.00564. The molecular formula is C27H30O4. The van der Waals surface area contributed by atoms with E-state index in [2.05, 4.69) is 0 Å². The van der Waals surface area contributed by atoms with Crippen LogP contribution in [0.5, 0.6) is 0 Å². The van der Waals surface area contributed by atoms with E-state index in [1.807, 2.05) is 30.3 Å². The molecule has 4 nitrogen and oxygen atoms in total. The predicted molar refractivity (Wildman–Crippen MR) is 121 cm³/mol. The van der Waals surface area contributed by atoms with Crippen LogP contribution in [0, 0.1) is 5.92 Å². The Kier molecular flexibility index (Phi) is 8.07. The van der Waals surface area contributed by atoms with Crippen LogP contribution >= 0.6 is 0 Å². The Labute approximate surface area is 184 Å². The lowest BCUT2D eigenvalue weighted by molar-refractivity contribution is -0.120. The van der Waals surface area contributed by atoms with Gasteiger partial charge in [0.15, 0.2) is 11.6 Å². The van der Waals surface area contributed by atoms with Crippen molar-refractivity contribution in [3.05, 3.63) is 82.4 Å². The minimum Gasteiger partial charge on any atom is -0.396 e. The molecule has 1 atom stereocenters. The number of carbonyl (C=O) groups excluding carboxylic acids is 3. The maximum atomic E-state index is 12.8. The third kappa shape index (κ3) is 5.86. The molecule has 1 aliphatic rings. The zero-order chi connectivity index (χ0) is 22.2. The second-order valence-electron chi connectivity index (χ2n) is 8.35. The van der Waals surface area contributed by atoms with Crippen molar-refractivity contribution >= 4 is 17.3 Å². The summed E-state index contributed by atoms with van der Waals surface area (Å²) in [7, 11) is 0. The molecule has 3 rings (SSSR count). The maximum Gasteiger partial charge on any atom is 0.190 e. The quantitative estimate of drug-likeness (QED) is 0.513. The SMILES string of the molecule is CC1=C(CCCCCC(=O)C[C@H](CO)Cc2ccccc2)C(=O)c2ccccc2C1=O. The summed E-state index contributed by atoms with van der Waals surface area (Å²) in [4.78, 5) is 37.6. The molecule has 0 radical (unpaired) electrons. The molecule has 0 fully saturated rings. The normalized spacial score (nSPS) is 14.5. The van der Waals surface area contributed by atoms with Crippen LogP contribution in [0.2, 0.25) is 0 Å². The van der Waals surface area contributed by atoms with Crippen LogP contribution in [0.3, 0.4) is 0 Å². The molecular weight excluding hydrogens is 388 g/mol. The Bertz CT molecular complexity index is 972. The fourth-order valence-electron chi connectivity index (χ4n) is 4.23. The smallest absolute Gasteiger partial charge is 0.190 e. The van der Waals surface area contributed by atoms with Gasteiger partial charge in [-0.05, 0) is 44.1 Å². The number of hydrogen-bond acceptors (Lipinski definition) is 4. The summed E-state index contributed by atoms with van der Waals surface area (Å²) in [6.07, 6.45) is 4.49. The average molecular weight is 419 g/mol. The van der Waals surface area contributed by atoms with Gasteiger partial charge >= 0.3 is 0 Å². The molecule has 162 valence electrons. The summed E-state index contributed by atoms with van der Waals surface area (Å²) < 4.78 is 0. The summed E-state index contributed by atoms with van der Waals surface area (Å²) in [5, 5.41) is 9.61. The van der Waals surface area contributed by atoms with Crippen molar-refractivity contribution in [1.82, 2.24) is 0 Å². The number of hydrogen-bond donors (Lipinski definition) is 1. The highest BCUT2D eigenvalue weighted by Gasteiger charge is 2.28. The van der Waals surface area contributed by atoms with Gasteiger partial charge in [0.2, 0.25) is 0 Å². The van der Waals surface area contributed by atoms with Crippen molar-refractivity contribution < 1.29 is 19.5 Å². The lowest BCUT2D eigenvalue weighted by Crippen LogP contribution is -2.20. The van der Waals surface area contributed by atoms with E-state index in [0.29, 0.717) is 48.0 Å². The van der Waals surface area contributed by atoms with E-state index in [-0.39, 0.29) is 29.9 Å². The number of aliphatic hydroxyl groups excluding tert-OH is 1. The topological polar surface area (TPSA) is 71.4 Å². The fourth-order valence-corrected chi connectivity index (χ4v) is 4.23. The van der Waals surface area contributed by atoms with Crippen LogP contribution < -0.4 is 0 Å². The summed E-state index contributed by atoms with van der Waals surface area (Å²) >= 11 is 0. The molecule has 1 N–H and O–H groups in total. The maximum absolute atomic E-state index is 12.8. The Hall–Kier alpha value is -2.85. The van der Waals surface area contributed by atoms with Crippen LogP contribution in [-0.4, -0.2) is 29.1 Å². The zero-order valence-electron chi connectivity index (χ0n) is 18.1. The Morgan fingerprint density at radius 1 is 0.871 bits per heavy atom. The molecule has 0 aliphatic heterocycles. The van der Waals surface area contributed by atoms with Gasteiger partial charge in [0.05, 0.1) is 0 Å². The standard InChI is InChI=1S/C27H30O4/c1-19-23(27(31)25-15-9-8-14-24(25)26(19)30)13-7-3-6-12-22(29)17-21(18-28)16-20-10-4-2-5-11-20/h2,4-5,8-11,14-15,21,28H,3,6-7,12-13,16-18H2,1H3/t21-/m1/s1.